The Hall–Kier alpha value is -2.53. The number of aryl methyl sites for hydroxylation is 3. The summed E-state index contributed by atoms with van der Waals surface area (Å²) in [6, 6.07) is 17.2. The Kier molecular flexibility index (Phi) is 6.35. The van der Waals surface area contributed by atoms with Gasteiger partial charge in [-0.15, -0.1) is 0 Å². The van der Waals surface area contributed by atoms with Gasteiger partial charge in [0.25, 0.3) is 0 Å². The fourth-order valence-corrected chi connectivity index (χ4v) is 4.97. The van der Waals surface area contributed by atoms with Crippen molar-refractivity contribution in [2.24, 2.45) is 5.92 Å². The first kappa shape index (κ1) is 19.8. The smallest absolute Gasteiger partial charge is 0.0991 e. The zero-order valence-electron chi connectivity index (χ0n) is 17.5. The van der Waals surface area contributed by atoms with Gasteiger partial charge in [-0.1, -0.05) is 56.2 Å². The lowest BCUT2D eigenvalue weighted by Crippen LogP contribution is -2.29. The van der Waals surface area contributed by atoms with Crippen molar-refractivity contribution in [1.82, 2.24) is 4.90 Å². The summed E-state index contributed by atoms with van der Waals surface area (Å²) in [6.45, 7) is 6.84. The molecule has 2 heteroatoms. The van der Waals surface area contributed by atoms with Crippen LogP contribution >= 0.6 is 0 Å². The van der Waals surface area contributed by atoms with Crippen LogP contribution in [0.3, 0.4) is 0 Å². The summed E-state index contributed by atoms with van der Waals surface area (Å²) in [4.78, 5) is 2.57. The van der Waals surface area contributed by atoms with E-state index in [9.17, 15) is 0 Å². The molecule has 1 heterocycles. The maximum atomic E-state index is 8.94. The summed E-state index contributed by atoms with van der Waals surface area (Å²) >= 11 is 0. The van der Waals surface area contributed by atoms with Crippen LogP contribution in [0.15, 0.2) is 49.0 Å². The molecule has 0 bridgehead atoms. The van der Waals surface area contributed by atoms with Gasteiger partial charge in [0.2, 0.25) is 0 Å². The first-order chi connectivity index (χ1) is 14.2. The predicted molar refractivity (Wildman–Crippen MR) is 121 cm³/mol. The Morgan fingerprint density at radius 3 is 2.41 bits per heavy atom. The lowest BCUT2D eigenvalue weighted by Gasteiger charge is -2.32. The van der Waals surface area contributed by atoms with Crippen LogP contribution in [-0.4, -0.2) is 18.0 Å². The maximum absolute atomic E-state index is 8.94. The Morgan fingerprint density at radius 2 is 1.66 bits per heavy atom. The third-order valence-corrected chi connectivity index (χ3v) is 6.73. The molecule has 0 spiro atoms. The number of fused-ring (bicyclic) bond motifs is 1. The van der Waals surface area contributed by atoms with Gasteiger partial charge in [-0.2, -0.15) is 5.26 Å². The Bertz CT molecular complexity index is 882. The van der Waals surface area contributed by atoms with Gasteiger partial charge in [0.05, 0.1) is 11.6 Å². The largest absolute Gasteiger partial charge is 0.371 e. The molecular formula is C27H32N2. The van der Waals surface area contributed by atoms with Gasteiger partial charge in [-0.25, -0.2) is 0 Å². The minimum absolute atomic E-state index is 0.732. The monoisotopic (exact) mass is 384 g/mol. The summed E-state index contributed by atoms with van der Waals surface area (Å²) < 4.78 is 0. The maximum Gasteiger partial charge on any atom is 0.0991 e. The molecule has 0 amide bonds. The molecule has 2 aromatic rings. The molecule has 0 saturated heterocycles. The Labute approximate surface area is 175 Å². The van der Waals surface area contributed by atoms with E-state index in [0.29, 0.717) is 0 Å². The van der Waals surface area contributed by atoms with Crippen molar-refractivity contribution < 1.29 is 0 Å². The molecule has 29 heavy (non-hydrogen) atoms. The van der Waals surface area contributed by atoms with Crippen molar-refractivity contribution in [2.75, 3.05) is 13.1 Å². The highest BCUT2D eigenvalue weighted by Gasteiger charge is 2.22. The van der Waals surface area contributed by atoms with E-state index in [4.69, 9.17) is 5.26 Å². The molecule has 0 radical (unpaired) electrons. The molecule has 1 saturated carbocycles. The highest BCUT2D eigenvalue weighted by atomic mass is 15.1. The Balaban J connectivity index is 1.42. The second-order valence-electron chi connectivity index (χ2n) is 8.80. The molecule has 150 valence electrons. The van der Waals surface area contributed by atoms with Gasteiger partial charge in [-0.3, -0.25) is 0 Å². The van der Waals surface area contributed by atoms with E-state index in [2.05, 4.69) is 47.9 Å². The molecule has 1 aliphatic carbocycles. The average Bonchev–Trinajstić information content (AvgIpc) is 2.92. The van der Waals surface area contributed by atoms with Gasteiger partial charge in [-0.05, 0) is 73.3 Å². The molecule has 1 fully saturated rings. The first-order valence-corrected chi connectivity index (χ1v) is 11.3. The summed E-state index contributed by atoms with van der Waals surface area (Å²) in [6.07, 6.45) is 11.4. The van der Waals surface area contributed by atoms with Crippen molar-refractivity contribution in [1.29, 1.82) is 5.26 Å². The quantitative estimate of drug-likeness (QED) is 0.619. The number of nitrogens with zero attached hydrogens (tertiary/aromatic N) is 2. The van der Waals surface area contributed by atoms with E-state index in [1.165, 1.54) is 73.0 Å². The third kappa shape index (κ3) is 4.91. The summed E-state index contributed by atoms with van der Waals surface area (Å²) in [5, 5.41) is 8.94. The van der Waals surface area contributed by atoms with Crippen LogP contribution in [0.4, 0.5) is 0 Å². The molecule has 4 rings (SSSR count). The molecule has 2 nitrogen and oxygen atoms in total. The predicted octanol–water partition coefficient (Wildman–Crippen LogP) is 6.14. The summed E-state index contributed by atoms with van der Waals surface area (Å²) in [5.74, 6) is 0.855. The number of nitriles is 1. The lowest BCUT2D eigenvalue weighted by molar-refractivity contribution is 0.265. The molecule has 0 aromatic heterocycles. The van der Waals surface area contributed by atoms with E-state index in [0.717, 1.165) is 37.3 Å². The normalized spacial score (nSPS) is 17.5. The van der Waals surface area contributed by atoms with Crippen molar-refractivity contribution in [3.63, 3.8) is 0 Å². The molecule has 0 N–H and O–H groups in total. The van der Waals surface area contributed by atoms with Gasteiger partial charge >= 0.3 is 0 Å². The molecule has 0 unspecified atom stereocenters. The van der Waals surface area contributed by atoms with Crippen LogP contribution in [0.5, 0.6) is 0 Å². The lowest BCUT2D eigenvalue weighted by atomic mass is 9.88. The highest BCUT2D eigenvalue weighted by molar-refractivity contribution is 5.66. The fourth-order valence-electron chi connectivity index (χ4n) is 4.97. The van der Waals surface area contributed by atoms with Crippen molar-refractivity contribution in [3.8, 4) is 6.07 Å². The van der Waals surface area contributed by atoms with Crippen LogP contribution < -0.4 is 0 Å². The minimum atomic E-state index is 0.732. The molecule has 2 aromatic carbocycles. The van der Waals surface area contributed by atoms with Crippen molar-refractivity contribution in [3.05, 3.63) is 76.9 Å². The van der Waals surface area contributed by atoms with Gasteiger partial charge in [0.15, 0.2) is 0 Å². The number of benzene rings is 2. The van der Waals surface area contributed by atoms with Crippen LogP contribution in [0.2, 0.25) is 0 Å². The van der Waals surface area contributed by atoms with Crippen LogP contribution in [-0.2, 0) is 19.3 Å². The number of hydrogen-bond donors (Lipinski definition) is 0. The van der Waals surface area contributed by atoms with Gasteiger partial charge in [0, 0.05) is 24.4 Å². The van der Waals surface area contributed by atoms with E-state index in [1.54, 1.807) is 0 Å². The second kappa shape index (κ2) is 9.31. The Morgan fingerprint density at radius 1 is 0.931 bits per heavy atom. The molecule has 1 aliphatic heterocycles. The van der Waals surface area contributed by atoms with Gasteiger partial charge in [0.1, 0.15) is 0 Å². The summed E-state index contributed by atoms with van der Waals surface area (Å²) in [7, 11) is 0. The van der Waals surface area contributed by atoms with Gasteiger partial charge < -0.3 is 4.90 Å². The SMILES string of the molecule is C=C1c2ccc(CCc3ccc(C#N)cc3)cc2CCCN1CC1CCCCC1. The highest BCUT2D eigenvalue weighted by Crippen LogP contribution is 2.31. The van der Waals surface area contributed by atoms with E-state index in [-0.39, 0.29) is 0 Å². The molecule has 0 atom stereocenters. The van der Waals surface area contributed by atoms with Crippen LogP contribution in [0, 0.1) is 17.2 Å². The summed E-state index contributed by atoms with van der Waals surface area (Å²) in [5.41, 5.74) is 7.50. The first-order valence-electron chi connectivity index (χ1n) is 11.3. The molecule has 2 aliphatic rings. The van der Waals surface area contributed by atoms with Crippen molar-refractivity contribution >= 4 is 5.70 Å². The topological polar surface area (TPSA) is 27.0 Å². The van der Waals surface area contributed by atoms with E-state index in [1.807, 2.05) is 12.1 Å². The van der Waals surface area contributed by atoms with Crippen molar-refractivity contribution in [2.45, 2.75) is 57.8 Å². The minimum Gasteiger partial charge on any atom is -0.371 e. The number of hydrogen-bond acceptors (Lipinski definition) is 2. The van der Waals surface area contributed by atoms with Crippen LogP contribution in [0.25, 0.3) is 5.70 Å². The zero-order chi connectivity index (χ0) is 20.1. The average molecular weight is 385 g/mol. The molecular weight excluding hydrogens is 352 g/mol. The fraction of sp³-hybridized carbons (Fsp3) is 0.444. The zero-order valence-corrected chi connectivity index (χ0v) is 17.5. The van der Waals surface area contributed by atoms with Crippen LogP contribution in [0.1, 0.15) is 66.3 Å². The van der Waals surface area contributed by atoms with E-state index < -0.39 is 0 Å². The third-order valence-electron chi connectivity index (χ3n) is 6.73. The number of rotatable bonds is 5. The second-order valence-corrected chi connectivity index (χ2v) is 8.80. The standard InChI is InChI=1S/C27H32N2/c1-21-27-16-15-23(12-9-22-10-13-24(19-28)14-11-22)18-26(27)8-5-17-29(21)20-25-6-3-2-4-7-25/h10-11,13-16,18,25H,1-9,12,17,20H2. The van der Waals surface area contributed by atoms with E-state index >= 15 is 0 Å².